The van der Waals surface area contributed by atoms with E-state index in [1.807, 2.05) is 30.0 Å². The number of piperidine rings is 1. The van der Waals surface area contributed by atoms with Crippen LogP contribution in [-0.2, 0) is 9.53 Å². The lowest BCUT2D eigenvalue weighted by molar-refractivity contribution is -0.137. The largest absolute Gasteiger partial charge is 0.477 e. The molecule has 0 N–H and O–H groups in total. The number of amides is 1. The van der Waals surface area contributed by atoms with Crippen molar-refractivity contribution in [1.82, 2.24) is 9.88 Å². The van der Waals surface area contributed by atoms with E-state index < -0.39 is 0 Å². The molecule has 2 fully saturated rings. The first-order valence-electron chi connectivity index (χ1n) is 8.63. The second-order valence-corrected chi connectivity index (χ2v) is 6.60. The monoisotopic (exact) mass is 318 g/mol. The summed E-state index contributed by atoms with van der Waals surface area (Å²) in [5, 5.41) is 0. The van der Waals surface area contributed by atoms with E-state index in [0.29, 0.717) is 24.8 Å². The van der Waals surface area contributed by atoms with Crippen molar-refractivity contribution in [2.24, 2.45) is 11.3 Å². The van der Waals surface area contributed by atoms with E-state index in [4.69, 9.17) is 9.47 Å². The summed E-state index contributed by atoms with van der Waals surface area (Å²) in [5.74, 6) is 1.32. The average Bonchev–Trinajstić information content (AvgIpc) is 2.62. The molecule has 0 radical (unpaired) electrons. The van der Waals surface area contributed by atoms with Gasteiger partial charge in [-0.25, -0.2) is 4.98 Å². The van der Waals surface area contributed by atoms with E-state index in [1.54, 1.807) is 6.20 Å². The Labute approximate surface area is 138 Å². The molecule has 1 atom stereocenters. The van der Waals surface area contributed by atoms with Crippen LogP contribution >= 0.6 is 0 Å². The van der Waals surface area contributed by atoms with Gasteiger partial charge in [0.1, 0.15) is 0 Å². The number of rotatable bonds is 4. The first kappa shape index (κ1) is 16.2. The van der Waals surface area contributed by atoms with Gasteiger partial charge in [-0.2, -0.15) is 0 Å². The van der Waals surface area contributed by atoms with Gasteiger partial charge in [-0.1, -0.05) is 13.0 Å². The van der Waals surface area contributed by atoms with Gasteiger partial charge in [-0.15, -0.1) is 0 Å². The fourth-order valence-corrected chi connectivity index (χ4v) is 3.81. The molecule has 1 aromatic heterocycles. The fourth-order valence-electron chi connectivity index (χ4n) is 3.81. The van der Waals surface area contributed by atoms with Gasteiger partial charge in [0.2, 0.25) is 11.8 Å². The zero-order valence-electron chi connectivity index (χ0n) is 13.9. The molecular weight excluding hydrogens is 292 g/mol. The summed E-state index contributed by atoms with van der Waals surface area (Å²) < 4.78 is 11.6. The molecule has 1 aromatic rings. The first-order valence-corrected chi connectivity index (χ1v) is 8.63. The minimum absolute atomic E-state index is 0.248. The summed E-state index contributed by atoms with van der Waals surface area (Å²) in [7, 11) is 0. The van der Waals surface area contributed by atoms with Crippen molar-refractivity contribution >= 4 is 5.91 Å². The zero-order valence-corrected chi connectivity index (χ0v) is 13.9. The van der Waals surface area contributed by atoms with E-state index in [1.165, 1.54) is 0 Å². The molecular formula is C18H26N2O3. The van der Waals surface area contributed by atoms with E-state index in [-0.39, 0.29) is 11.3 Å². The van der Waals surface area contributed by atoms with Gasteiger partial charge in [0, 0.05) is 44.3 Å². The summed E-state index contributed by atoms with van der Waals surface area (Å²) in [5.41, 5.74) is 0.248. The molecule has 2 aliphatic rings. The van der Waals surface area contributed by atoms with Crippen molar-refractivity contribution < 1.29 is 14.3 Å². The minimum Gasteiger partial charge on any atom is -0.477 e. The van der Waals surface area contributed by atoms with Gasteiger partial charge < -0.3 is 14.4 Å². The van der Waals surface area contributed by atoms with Crippen LogP contribution < -0.4 is 4.74 Å². The third-order valence-electron chi connectivity index (χ3n) is 5.41. The second kappa shape index (κ2) is 7.30. The molecule has 2 saturated heterocycles. The Morgan fingerprint density at radius 2 is 2.22 bits per heavy atom. The number of hydrogen-bond acceptors (Lipinski definition) is 4. The van der Waals surface area contributed by atoms with Crippen LogP contribution in [0.2, 0.25) is 0 Å². The highest BCUT2D eigenvalue weighted by molar-refractivity contribution is 5.75. The van der Waals surface area contributed by atoms with Gasteiger partial charge in [-0.05, 0) is 30.7 Å². The van der Waals surface area contributed by atoms with Crippen LogP contribution in [0.15, 0.2) is 24.4 Å². The Balaban J connectivity index is 1.61. The van der Waals surface area contributed by atoms with Crippen LogP contribution in [0.3, 0.4) is 0 Å². The molecule has 1 spiro atoms. The molecule has 3 heterocycles. The van der Waals surface area contributed by atoms with Crippen LogP contribution in [0.4, 0.5) is 0 Å². The van der Waals surface area contributed by atoms with Gasteiger partial charge >= 0.3 is 0 Å². The molecule has 0 saturated carbocycles. The third-order valence-corrected chi connectivity index (χ3v) is 5.41. The molecule has 0 aliphatic carbocycles. The maximum Gasteiger partial charge on any atom is 0.222 e. The highest BCUT2D eigenvalue weighted by Gasteiger charge is 2.44. The van der Waals surface area contributed by atoms with Crippen molar-refractivity contribution in [2.75, 3.05) is 32.9 Å². The molecule has 0 bridgehead atoms. The number of hydrogen-bond donors (Lipinski definition) is 0. The SMILES string of the molecule is CCC(=O)N1CCC2(CCOCC2COc2ccccn2)CC1. The molecule has 1 unspecified atom stereocenters. The maximum absolute atomic E-state index is 11.9. The molecule has 2 aliphatic heterocycles. The lowest BCUT2D eigenvalue weighted by atomic mass is 9.66. The number of aromatic nitrogens is 1. The van der Waals surface area contributed by atoms with Gasteiger partial charge in [-0.3, -0.25) is 4.79 Å². The van der Waals surface area contributed by atoms with Crippen molar-refractivity contribution in [3.8, 4) is 5.88 Å². The zero-order chi connectivity index (χ0) is 16.1. The fraction of sp³-hybridized carbons (Fsp3) is 0.667. The van der Waals surface area contributed by atoms with Gasteiger partial charge in [0.05, 0.1) is 13.2 Å². The summed E-state index contributed by atoms with van der Waals surface area (Å²) >= 11 is 0. The molecule has 3 rings (SSSR count). The van der Waals surface area contributed by atoms with Crippen LogP contribution in [-0.4, -0.2) is 48.7 Å². The highest BCUT2D eigenvalue weighted by Crippen LogP contribution is 2.44. The predicted octanol–water partition coefficient (Wildman–Crippen LogP) is 2.52. The lowest BCUT2D eigenvalue weighted by Gasteiger charge is -2.48. The van der Waals surface area contributed by atoms with Gasteiger partial charge in [0.15, 0.2) is 0 Å². The number of pyridine rings is 1. The van der Waals surface area contributed by atoms with E-state index in [0.717, 1.165) is 45.6 Å². The molecule has 5 heteroatoms. The summed E-state index contributed by atoms with van der Waals surface area (Å²) in [6, 6.07) is 5.71. The Hall–Kier alpha value is -1.62. The Kier molecular flexibility index (Phi) is 5.16. The number of carbonyl (C=O) groups excluding carboxylic acids is 1. The maximum atomic E-state index is 11.9. The predicted molar refractivity (Wildman–Crippen MR) is 87.2 cm³/mol. The van der Waals surface area contributed by atoms with Crippen molar-refractivity contribution in [3.05, 3.63) is 24.4 Å². The number of nitrogens with zero attached hydrogens (tertiary/aromatic N) is 2. The standard InChI is InChI=1S/C18H26N2O3/c1-2-17(21)20-10-6-18(7-11-20)8-12-22-13-15(18)14-23-16-5-3-4-9-19-16/h3-5,9,15H,2,6-8,10-14H2,1H3. The first-order chi connectivity index (χ1) is 11.2. The summed E-state index contributed by atoms with van der Waals surface area (Å²) in [4.78, 5) is 18.1. The average molecular weight is 318 g/mol. The minimum atomic E-state index is 0.248. The summed E-state index contributed by atoms with van der Waals surface area (Å²) in [6.45, 7) is 5.87. The van der Waals surface area contributed by atoms with Crippen LogP contribution in [0.5, 0.6) is 5.88 Å². The van der Waals surface area contributed by atoms with Crippen LogP contribution in [0.25, 0.3) is 0 Å². The number of ether oxygens (including phenoxy) is 2. The van der Waals surface area contributed by atoms with Crippen LogP contribution in [0, 0.1) is 11.3 Å². The van der Waals surface area contributed by atoms with Crippen LogP contribution in [0.1, 0.15) is 32.6 Å². The van der Waals surface area contributed by atoms with E-state index >= 15 is 0 Å². The molecule has 5 nitrogen and oxygen atoms in total. The normalized spacial score (nSPS) is 23.7. The quantitative estimate of drug-likeness (QED) is 0.856. The number of carbonyl (C=O) groups is 1. The lowest BCUT2D eigenvalue weighted by Crippen LogP contribution is -2.50. The van der Waals surface area contributed by atoms with Gasteiger partial charge in [0.25, 0.3) is 0 Å². The van der Waals surface area contributed by atoms with E-state index in [9.17, 15) is 4.79 Å². The molecule has 23 heavy (non-hydrogen) atoms. The van der Waals surface area contributed by atoms with Crippen molar-refractivity contribution in [3.63, 3.8) is 0 Å². The Morgan fingerprint density at radius 3 is 2.91 bits per heavy atom. The van der Waals surface area contributed by atoms with Crippen molar-refractivity contribution in [1.29, 1.82) is 0 Å². The summed E-state index contributed by atoms with van der Waals surface area (Å²) in [6.07, 6.45) is 5.52. The third kappa shape index (κ3) is 3.66. The highest BCUT2D eigenvalue weighted by atomic mass is 16.5. The number of likely N-dealkylation sites (tertiary alicyclic amines) is 1. The van der Waals surface area contributed by atoms with Crippen molar-refractivity contribution in [2.45, 2.75) is 32.6 Å². The topological polar surface area (TPSA) is 51.7 Å². The van der Waals surface area contributed by atoms with E-state index in [2.05, 4.69) is 4.98 Å². The molecule has 126 valence electrons. The molecule has 1 amide bonds. The Morgan fingerprint density at radius 1 is 1.39 bits per heavy atom. The molecule has 0 aromatic carbocycles. The second-order valence-electron chi connectivity index (χ2n) is 6.60. The smallest absolute Gasteiger partial charge is 0.222 e. The Bertz CT molecular complexity index is 512.